The van der Waals surface area contributed by atoms with Crippen LogP contribution in [0.25, 0.3) is 32.9 Å². The maximum absolute atomic E-state index is 6.33. The van der Waals surface area contributed by atoms with Crippen molar-refractivity contribution in [3.8, 4) is 17.0 Å². The Balaban J connectivity index is 1.49. The van der Waals surface area contributed by atoms with Crippen molar-refractivity contribution in [2.45, 2.75) is 26.5 Å². The second kappa shape index (κ2) is 8.34. The Morgan fingerprint density at radius 1 is 0.848 bits per heavy atom. The van der Waals surface area contributed by atoms with Crippen molar-refractivity contribution in [1.29, 1.82) is 0 Å². The number of pyridine rings is 1. The standard InChI is InChI=1S/C30H26N2O/c1-20-10-12-21(13-11-20)19-33-28-9-5-4-8-25(28)30-26-18-31-17-16-24(26)29-23-7-3-2-6-22(23)14-15-27(29)32-30/h2-15,31H,16-19H2,1H3. The van der Waals surface area contributed by atoms with Gasteiger partial charge < -0.3 is 10.1 Å². The fourth-order valence-corrected chi connectivity index (χ4v) is 4.90. The molecule has 1 aliphatic heterocycles. The number of para-hydroxylation sites is 1. The summed E-state index contributed by atoms with van der Waals surface area (Å²) in [7, 11) is 0. The van der Waals surface area contributed by atoms with Crippen molar-refractivity contribution >= 4 is 21.7 Å². The molecule has 5 aromatic rings. The Hall–Kier alpha value is -3.69. The molecular weight excluding hydrogens is 404 g/mol. The van der Waals surface area contributed by atoms with E-state index >= 15 is 0 Å². The van der Waals surface area contributed by atoms with E-state index in [-0.39, 0.29) is 0 Å². The normalized spacial score (nSPS) is 13.2. The maximum atomic E-state index is 6.33. The lowest BCUT2D eigenvalue weighted by molar-refractivity contribution is 0.307. The van der Waals surface area contributed by atoms with Gasteiger partial charge in [0, 0.05) is 17.5 Å². The number of aromatic nitrogens is 1. The highest BCUT2D eigenvalue weighted by molar-refractivity contribution is 6.09. The molecular formula is C30H26N2O. The first-order chi connectivity index (χ1) is 16.3. The number of hydrogen-bond donors (Lipinski definition) is 1. The van der Waals surface area contributed by atoms with Crippen LogP contribution in [0.5, 0.6) is 5.75 Å². The van der Waals surface area contributed by atoms with Gasteiger partial charge in [0.15, 0.2) is 0 Å². The van der Waals surface area contributed by atoms with E-state index in [9.17, 15) is 0 Å². The largest absolute Gasteiger partial charge is 0.488 e. The van der Waals surface area contributed by atoms with Gasteiger partial charge in [-0.2, -0.15) is 0 Å². The molecule has 6 rings (SSSR count). The highest BCUT2D eigenvalue weighted by Gasteiger charge is 2.22. The molecule has 0 spiro atoms. The highest BCUT2D eigenvalue weighted by atomic mass is 16.5. The van der Waals surface area contributed by atoms with Crippen LogP contribution in [0.2, 0.25) is 0 Å². The molecule has 0 unspecified atom stereocenters. The molecule has 1 N–H and O–H groups in total. The van der Waals surface area contributed by atoms with Gasteiger partial charge in [0.05, 0.1) is 11.2 Å². The smallest absolute Gasteiger partial charge is 0.129 e. The number of aryl methyl sites for hydroxylation is 1. The first-order valence-corrected chi connectivity index (χ1v) is 11.6. The Morgan fingerprint density at radius 2 is 1.67 bits per heavy atom. The molecule has 33 heavy (non-hydrogen) atoms. The van der Waals surface area contributed by atoms with Gasteiger partial charge in [-0.25, -0.2) is 4.98 Å². The van der Waals surface area contributed by atoms with Crippen molar-refractivity contribution in [1.82, 2.24) is 10.3 Å². The zero-order valence-electron chi connectivity index (χ0n) is 18.8. The van der Waals surface area contributed by atoms with Gasteiger partial charge >= 0.3 is 0 Å². The first-order valence-electron chi connectivity index (χ1n) is 11.6. The third-order valence-corrected chi connectivity index (χ3v) is 6.60. The summed E-state index contributed by atoms with van der Waals surface area (Å²) in [5.41, 5.74) is 8.26. The van der Waals surface area contributed by atoms with E-state index in [1.54, 1.807) is 0 Å². The molecule has 2 heterocycles. The van der Waals surface area contributed by atoms with E-state index in [1.165, 1.54) is 32.8 Å². The van der Waals surface area contributed by atoms with Crippen molar-refractivity contribution < 1.29 is 4.74 Å². The first kappa shape index (κ1) is 20.0. The van der Waals surface area contributed by atoms with Gasteiger partial charge in [-0.15, -0.1) is 0 Å². The molecule has 1 aliphatic rings. The van der Waals surface area contributed by atoms with Crippen LogP contribution in [0.4, 0.5) is 0 Å². The highest BCUT2D eigenvalue weighted by Crippen LogP contribution is 2.38. The van der Waals surface area contributed by atoms with E-state index in [2.05, 4.69) is 91.1 Å². The van der Waals surface area contributed by atoms with Crippen LogP contribution in [-0.2, 0) is 19.6 Å². The molecule has 1 aromatic heterocycles. The minimum Gasteiger partial charge on any atom is -0.488 e. The molecule has 0 atom stereocenters. The fourth-order valence-electron chi connectivity index (χ4n) is 4.90. The van der Waals surface area contributed by atoms with Crippen molar-refractivity contribution in [2.75, 3.05) is 6.54 Å². The predicted molar refractivity (Wildman–Crippen MR) is 136 cm³/mol. The summed E-state index contributed by atoms with van der Waals surface area (Å²) < 4.78 is 6.33. The number of nitrogens with zero attached hydrogens (tertiary/aromatic N) is 1. The number of ether oxygens (including phenoxy) is 1. The zero-order chi connectivity index (χ0) is 22.2. The fraction of sp³-hybridized carbons (Fsp3) is 0.167. The van der Waals surface area contributed by atoms with E-state index < -0.39 is 0 Å². The molecule has 0 radical (unpaired) electrons. The Bertz CT molecular complexity index is 1470. The lowest BCUT2D eigenvalue weighted by Gasteiger charge is -2.24. The molecule has 162 valence electrons. The van der Waals surface area contributed by atoms with E-state index in [0.29, 0.717) is 6.61 Å². The van der Waals surface area contributed by atoms with E-state index in [0.717, 1.165) is 47.6 Å². The van der Waals surface area contributed by atoms with Gasteiger partial charge in [-0.1, -0.05) is 72.3 Å². The molecule has 0 saturated heterocycles. The molecule has 3 heteroatoms. The molecule has 0 fully saturated rings. The van der Waals surface area contributed by atoms with Gasteiger partial charge in [0.2, 0.25) is 0 Å². The average molecular weight is 431 g/mol. The van der Waals surface area contributed by atoms with Crippen LogP contribution in [0.15, 0.2) is 84.9 Å². The molecule has 0 amide bonds. The molecule has 0 saturated carbocycles. The molecule has 0 bridgehead atoms. The van der Waals surface area contributed by atoms with Crippen LogP contribution in [-0.4, -0.2) is 11.5 Å². The Kier molecular flexibility index (Phi) is 5.04. The van der Waals surface area contributed by atoms with Crippen molar-refractivity contribution in [3.63, 3.8) is 0 Å². The topological polar surface area (TPSA) is 34.1 Å². The summed E-state index contributed by atoms with van der Waals surface area (Å²) in [4.78, 5) is 5.22. The van der Waals surface area contributed by atoms with Crippen molar-refractivity contribution in [3.05, 3.63) is 107 Å². The summed E-state index contributed by atoms with van der Waals surface area (Å²) >= 11 is 0. The maximum Gasteiger partial charge on any atom is 0.129 e. The molecule has 0 aliphatic carbocycles. The van der Waals surface area contributed by atoms with Crippen LogP contribution >= 0.6 is 0 Å². The third kappa shape index (κ3) is 3.65. The van der Waals surface area contributed by atoms with Gasteiger partial charge in [-0.05, 0) is 65.6 Å². The average Bonchev–Trinajstić information content (AvgIpc) is 2.88. The summed E-state index contributed by atoms with van der Waals surface area (Å²) in [6.45, 7) is 4.45. The summed E-state index contributed by atoms with van der Waals surface area (Å²) in [6.07, 6.45) is 1.00. The predicted octanol–water partition coefficient (Wildman–Crippen LogP) is 6.59. The minimum absolute atomic E-state index is 0.538. The van der Waals surface area contributed by atoms with E-state index in [1.807, 2.05) is 6.07 Å². The number of rotatable bonds is 4. The van der Waals surface area contributed by atoms with Crippen molar-refractivity contribution in [2.24, 2.45) is 0 Å². The monoisotopic (exact) mass is 430 g/mol. The summed E-state index contributed by atoms with van der Waals surface area (Å²) in [5.74, 6) is 0.874. The second-order valence-corrected chi connectivity index (χ2v) is 8.80. The van der Waals surface area contributed by atoms with Gasteiger partial charge in [0.1, 0.15) is 12.4 Å². The minimum atomic E-state index is 0.538. The molecule has 3 nitrogen and oxygen atoms in total. The van der Waals surface area contributed by atoms with Crippen LogP contribution < -0.4 is 10.1 Å². The summed E-state index contributed by atoms with van der Waals surface area (Å²) in [6, 6.07) is 29.8. The van der Waals surface area contributed by atoms with Crippen LogP contribution in [0, 0.1) is 6.92 Å². The van der Waals surface area contributed by atoms with Gasteiger partial charge in [0.25, 0.3) is 0 Å². The number of fused-ring (bicyclic) bond motifs is 5. The molecule has 4 aromatic carbocycles. The quantitative estimate of drug-likeness (QED) is 0.327. The van der Waals surface area contributed by atoms with Gasteiger partial charge in [-0.3, -0.25) is 0 Å². The number of benzene rings is 4. The lowest BCUT2D eigenvalue weighted by atomic mass is 9.90. The zero-order valence-corrected chi connectivity index (χ0v) is 18.8. The summed E-state index contributed by atoms with van der Waals surface area (Å²) in [5, 5.41) is 7.42. The number of hydrogen-bond acceptors (Lipinski definition) is 3. The lowest BCUT2D eigenvalue weighted by Crippen LogP contribution is -2.25. The SMILES string of the molecule is Cc1ccc(COc2ccccc2-c2nc3ccc4ccccc4c3c3c2CNCC3)cc1. The second-order valence-electron chi connectivity index (χ2n) is 8.80. The van der Waals surface area contributed by atoms with Crippen LogP contribution in [0.3, 0.4) is 0 Å². The third-order valence-electron chi connectivity index (χ3n) is 6.60. The number of nitrogens with one attached hydrogen (secondary N) is 1. The van der Waals surface area contributed by atoms with E-state index in [4.69, 9.17) is 9.72 Å². The Labute approximate surface area is 194 Å². The van der Waals surface area contributed by atoms with Crippen LogP contribution in [0.1, 0.15) is 22.3 Å². The Morgan fingerprint density at radius 3 is 2.58 bits per heavy atom.